The van der Waals surface area contributed by atoms with Gasteiger partial charge in [0.25, 0.3) is 0 Å². The van der Waals surface area contributed by atoms with Gasteiger partial charge in [-0.1, -0.05) is 0 Å². The van der Waals surface area contributed by atoms with Crippen LogP contribution in [0.4, 0.5) is 5.82 Å². The van der Waals surface area contributed by atoms with Crippen LogP contribution in [0.25, 0.3) is 0 Å². The quantitative estimate of drug-likeness (QED) is 0.893. The number of aryl methyl sites for hydroxylation is 2. The van der Waals surface area contributed by atoms with E-state index in [1.54, 1.807) is 0 Å². The first-order valence-electron chi connectivity index (χ1n) is 7.15. The fraction of sp³-hybridized carbons (Fsp3) is 0.600. The van der Waals surface area contributed by atoms with Gasteiger partial charge in [-0.2, -0.15) is 5.26 Å². The van der Waals surface area contributed by atoms with E-state index in [2.05, 4.69) is 16.3 Å². The molecule has 1 fully saturated rings. The Morgan fingerprint density at radius 3 is 3.11 bits per heavy atom. The molecule has 1 saturated heterocycles. The minimum Gasteiger partial charge on any atom is -0.357 e. The van der Waals surface area contributed by atoms with Crippen molar-refractivity contribution in [1.82, 2.24) is 10.3 Å². The van der Waals surface area contributed by atoms with Crippen molar-refractivity contribution in [3.63, 3.8) is 0 Å². The monoisotopic (exact) mass is 256 g/mol. The van der Waals surface area contributed by atoms with Crippen LogP contribution in [0, 0.1) is 11.3 Å². The van der Waals surface area contributed by atoms with E-state index < -0.39 is 0 Å². The highest BCUT2D eigenvalue weighted by Gasteiger charge is 2.21. The van der Waals surface area contributed by atoms with Crippen molar-refractivity contribution in [3.05, 3.63) is 22.9 Å². The predicted molar refractivity (Wildman–Crippen MR) is 75.3 cm³/mol. The summed E-state index contributed by atoms with van der Waals surface area (Å²) in [6.07, 6.45) is 5.78. The molecule has 3 rings (SSSR count). The normalized spacial score (nSPS) is 21.2. The largest absolute Gasteiger partial charge is 0.357 e. The standard InChI is InChI=1S/C15H20N4/c1-19(10-13-5-3-7-17-13)15-12(9-16)8-11-4-2-6-14(11)18-15/h8,13,17H,2-7,10H2,1H3. The van der Waals surface area contributed by atoms with Gasteiger partial charge in [0.2, 0.25) is 0 Å². The van der Waals surface area contributed by atoms with Gasteiger partial charge in [-0.05, 0) is 50.3 Å². The maximum atomic E-state index is 9.33. The van der Waals surface area contributed by atoms with Crippen LogP contribution < -0.4 is 10.2 Å². The number of aromatic nitrogens is 1. The number of hydrogen-bond acceptors (Lipinski definition) is 4. The maximum absolute atomic E-state index is 9.33. The second kappa shape index (κ2) is 5.18. The molecule has 2 aliphatic rings. The highest BCUT2D eigenvalue weighted by molar-refractivity contribution is 5.56. The number of nitrogens with zero attached hydrogens (tertiary/aromatic N) is 3. The Hall–Kier alpha value is -1.60. The van der Waals surface area contributed by atoms with E-state index in [1.165, 1.54) is 30.5 Å². The predicted octanol–water partition coefficient (Wildman–Crippen LogP) is 1.63. The molecule has 0 bridgehead atoms. The van der Waals surface area contributed by atoms with Crippen LogP contribution in [0.5, 0.6) is 0 Å². The number of nitriles is 1. The number of hydrogen-bond donors (Lipinski definition) is 1. The van der Waals surface area contributed by atoms with Crippen LogP contribution in [0.15, 0.2) is 6.07 Å². The summed E-state index contributed by atoms with van der Waals surface area (Å²) in [5.74, 6) is 0.858. The van der Waals surface area contributed by atoms with Crippen LogP contribution in [0.2, 0.25) is 0 Å². The van der Waals surface area contributed by atoms with E-state index in [1.807, 2.05) is 13.1 Å². The molecule has 0 saturated carbocycles. The van der Waals surface area contributed by atoms with Crippen molar-refractivity contribution in [2.24, 2.45) is 0 Å². The zero-order valence-corrected chi connectivity index (χ0v) is 11.4. The average Bonchev–Trinajstić information content (AvgIpc) is 3.07. The summed E-state index contributed by atoms with van der Waals surface area (Å²) >= 11 is 0. The number of pyridine rings is 1. The third kappa shape index (κ3) is 2.43. The van der Waals surface area contributed by atoms with Gasteiger partial charge in [0.1, 0.15) is 11.9 Å². The summed E-state index contributed by atoms with van der Waals surface area (Å²) in [7, 11) is 2.05. The zero-order valence-electron chi connectivity index (χ0n) is 11.4. The molecule has 0 radical (unpaired) electrons. The van der Waals surface area contributed by atoms with E-state index in [4.69, 9.17) is 4.98 Å². The highest BCUT2D eigenvalue weighted by Crippen LogP contribution is 2.26. The maximum Gasteiger partial charge on any atom is 0.146 e. The molecule has 0 aromatic carbocycles. The van der Waals surface area contributed by atoms with Crippen LogP contribution in [0.3, 0.4) is 0 Å². The third-order valence-electron chi connectivity index (χ3n) is 4.17. The first-order valence-corrected chi connectivity index (χ1v) is 7.15. The molecule has 1 unspecified atom stereocenters. The number of anilines is 1. The van der Waals surface area contributed by atoms with Gasteiger partial charge in [0.05, 0.1) is 5.56 Å². The Morgan fingerprint density at radius 1 is 1.47 bits per heavy atom. The summed E-state index contributed by atoms with van der Waals surface area (Å²) in [5.41, 5.74) is 3.19. The zero-order chi connectivity index (χ0) is 13.2. The summed E-state index contributed by atoms with van der Waals surface area (Å²) in [6.45, 7) is 2.04. The third-order valence-corrected chi connectivity index (χ3v) is 4.17. The van der Waals surface area contributed by atoms with Crippen molar-refractivity contribution in [2.75, 3.05) is 25.0 Å². The Bertz CT molecular complexity index is 512. The molecule has 1 aromatic heterocycles. The molecule has 100 valence electrons. The lowest BCUT2D eigenvalue weighted by Gasteiger charge is -2.23. The van der Waals surface area contributed by atoms with E-state index in [9.17, 15) is 5.26 Å². The van der Waals surface area contributed by atoms with Crippen molar-refractivity contribution < 1.29 is 0 Å². The molecular weight excluding hydrogens is 236 g/mol. The number of fused-ring (bicyclic) bond motifs is 1. The lowest BCUT2D eigenvalue weighted by molar-refractivity contribution is 0.597. The smallest absolute Gasteiger partial charge is 0.146 e. The highest BCUT2D eigenvalue weighted by atomic mass is 15.2. The van der Waals surface area contributed by atoms with Crippen LogP contribution in [0.1, 0.15) is 36.1 Å². The van der Waals surface area contributed by atoms with Gasteiger partial charge in [-0.15, -0.1) is 0 Å². The summed E-state index contributed by atoms with van der Waals surface area (Å²) in [6, 6.07) is 4.89. The first kappa shape index (κ1) is 12.4. The van der Waals surface area contributed by atoms with Crippen LogP contribution in [-0.2, 0) is 12.8 Å². The van der Waals surface area contributed by atoms with E-state index in [-0.39, 0.29) is 0 Å². The summed E-state index contributed by atoms with van der Waals surface area (Å²) in [5, 5.41) is 12.8. The van der Waals surface area contributed by atoms with Gasteiger partial charge < -0.3 is 10.2 Å². The molecule has 1 atom stereocenters. The molecule has 1 aliphatic carbocycles. The fourth-order valence-corrected chi connectivity index (χ4v) is 3.16. The number of nitrogens with one attached hydrogen (secondary N) is 1. The molecule has 19 heavy (non-hydrogen) atoms. The van der Waals surface area contributed by atoms with Gasteiger partial charge in [0.15, 0.2) is 0 Å². The Labute approximate surface area is 114 Å². The topological polar surface area (TPSA) is 52.0 Å². The molecule has 4 nitrogen and oxygen atoms in total. The van der Waals surface area contributed by atoms with Gasteiger partial charge in [0, 0.05) is 25.3 Å². The van der Waals surface area contributed by atoms with Gasteiger partial charge in [-0.25, -0.2) is 4.98 Å². The molecule has 1 aliphatic heterocycles. The Kier molecular flexibility index (Phi) is 3.39. The lowest BCUT2D eigenvalue weighted by atomic mass is 10.1. The lowest BCUT2D eigenvalue weighted by Crippen LogP contribution is -2.36. The summed E-state index contributed by atoms with van der Waals surface area (Å²) < 4.78 is 0. The summed E-state index contributed by atoms with van der Waals surface area (Å²) in [4.78, 5) is 6.88. The molecule has 1 aromatic rings. The molecule has 0 spiro atoms. The fourth-order valence-electron chi connectivity index (χ4n) is 3.16. The number of rotatable bonds is 3. The minimum atomic E-state index is 0.534. The minimum absolute atomic E-state index is 0.534. The van der Waals surface area contributed by atoms with Crippen LogP contribution in [-0.4, -0.2) is 31.2 Å². The second-order valence-corrected chi connectivity index (χ2v) is 5.60. The van der Waals surface area contributed by atoms with Crippen molar-refractivity contribution in [1.29, 1.82) is 5.26 Å². The molecule has 0 amide bonds. The molecule has 2 heterocycles. The van der Waals surface area contributed by atoms with Crippen molar-refractivity contribution in [2.45, 2.75) is 38.1 Å². The van der Waals surface area contributed by atoms with Crippen LogP contribution >= 0.6 is 0 Å². The van der Waals surface area contributed by atoms with Crippen molar-refractivity contribution in [3.8, 4) is 6.07 Å². The number of likely N-dealkylation sites (N-methyl/N-ethyl adjacent to an activating group) is 1. The Morgan fingerprint density at radius 2 is 2.37 bits per heavy atom. The Balaban J connectivity index is 1.84. The van der Waals surface area contributed by atoms with E-state index in [0.717, 1.165) is 37.3 Å². The SMILES string of the molecule is CN(CC1CCCN1)c1nc2c(cc1C#N)CCC2. The van der Waals surface area contributed by atoms with Gasteiger partial charge >= 0.3 is 0 Å². The van der Waals surface area contributed by atoms with E-state index >= 15 is 0 Å². The average molecular weight is 256 g/mol. The first-order chi connectivity index (χ1) is 9.28. The van der Waals surface area contributed by atoms with Gasteiger partial charge in [-0.3, -0.25) is 0 Å². The molecule has 4 heteroatoms. The molecular formula is C15H20N4. The second-order valence-electron chi connectivity index (χ2n) is 5.60. The van der Waals surface area contributed by atoms with Crippen molar-refractivity contribution >= 4 is 5.82 Å². The van der Waals surface area contributed by atoms with E-state index in [0.29, 0.717) is 6.04 Å². The molecule has 1 N–H and O–H groups in total.